The van der Waals surface area contributed by atoms with E-state index in [1.807, 2.05) is 0 Å². The minimum absolute atomic E-state index is 0.0114. The molecule has 0 aliphatic carbocycles. The molecule has 0 saturated carbocycles. The van der Waals surface area contributed by atoms with E-state index >= 15 is 0 Å². The number of rotatable bonds is 6. The summed E-state index contributed by atoms with van der Waals surface area (Å²) in [7, 11) is -10.1. The van der Waals surface area contributed by atoms with Gasteiger partial charge in [-0.3, -0.25) is 4.52 Å². The molecule has 14 heavy (non-hydrogen) atoms. The molecule has 0 saturated heterocycles. The van der Waals surface area contributed by atoms with Crippen LogP contribution in [0.15, 0.2) is 0 Å². The standard InChI is InChI=1S/C3H8O9P2/c4-1-3(5)2-11-14(9,10)12-13(6,7)8/h1,3,5H,2H2,(H,9,10)(H2,6,7,8). The molecule has 0 fully saturated rings. The van der Waals surface area contributed by atoms with Gasteiger partial charge in [0.05, 0.1) is 6.61 Å². The van der Waals surface area contributed by atoms with Crippen LogP contribution in [0.25, 0.3) is 0 Å². The highest BCUT2D eigenvalue weighted by atomic mass is 31.3. The van der Waals surface area contributed by atoms with Gasteiger partial charge in [0.25, 0.3) is 0 Å². The van der Waals surface area contributed by atoms with Crippen LogP contribution in [0.5, 0.6) is 0 Å². The van der Waals surface area contributed by atoms with Crippen LogP contribution in [-0.2, 0) is 22.8 Å². The fourth-order valence-corrected chi connectivity index (χ4v) is 1.97. The molecule has 0 rings (SSSR count). The monoisotopic (exact) mass is 250 g/mol. The minimum atomic E-state index is -5.16. The lowest BCUT2D eigenvalue weighted by atomic mass is 10.4. The maximum atomic E-state index is 10.6. The van der Waals surface area contributed by atoms with Crippen LogP contribution in [0.1, 0.15) is 0 Å². The van der Waals surface area contributed by atoms with Gasteiger partial charge in [-0.15, -0.1) is 0 Å². The second kappa shape index (κ2) is 5.11. The van der Waals surface area contributed by atoms with Crippen LogP contribution in [0.2, 0.25) is 0 Å². The lowest BCUT2D eigenvalue weighted by Crippen LogP contribution is -2.15. The molecule has 0 amide bonds. The van der Waals surface area contributed by atoms with Crippen LogP contribution in [-0.4, -0.2) is 38.8 Å². The zero-order valence-electron chi connectivity index (χ0n) is 6.59. The van der Waals surface area contributed by atoms with Crippen molar-refractivity contribution >= 4 is 21.9 Å². The van der Waals surface area contributed by atoms with E-state index in [0.717, 1.165) is 0 Å². The van der Waals surface area contributed by atoms with E-state index in [2.05, 4.69) is 8.83 Å². The molecule has 0 radical (unpaired) electrons. The van der Waals surface area contributed by atoms with E-state index in [0.29, 0.717) is 0 Å². The minimum Gasteiger partial charge on any atom is -0.383 e. The number of aliphatic hydroxyl groups excluding tert-OH is 1. The molecule has 0 aliphatic rings. The summed E-state index contributed by atoms with van der Waals surface area (Å²) in [6, 6.07) is 0. The predicted molar refractivity (Wildman–Crippen MR) is 41.0 cm³/mol. The SMILES string of the molecule is O=CC(O)COP(=O)(O)OP(=O)(O)O. The summed E-state index contributed by atoms with van der Waals surface area (Å²) in [5, 5.41) is 8.54. The zero-order chi connectivity index (χ0) is 11.4. The molecular weight excluding hydrogens is 242 g/mol. The first kappa shape index (κ1) is 13.9. The highest BCUT2D eigenvalue weighted by Crippen LogP contribution is 2.57. The molecule has 0 aliphatic heterocycles. The summed E-state index contributed by atoms with van der Waals surface area (Å²) in [4.78, 5) is 34.6. The molecule has 4 N–H and O–H groups in total. The number of phosphoric acid groups is 2. The summed E-state index contributed by atoms with van der Waals surface area (Å²) >= 11 is 0. The third-order valence-electron chi connectivity index (χ3n) is 0.775. The van der Waals surface area contributed by atoms with Crippen molar-refractivity contribution in [2.45, 2.75) is 6.10 Å². The fraction of sp³-hybridized carbons (Fsp3) is 0.667. The molecule has 84 valence electrons. The molecular formula is C3H8O9P2. The number of carbonyl (C=O) groups is 1. The molecule has 0 aromatic carbocycles. The number of phosphoric ester groups is 1. The molecule has 11 heteroatoms. The summed E-state index contributed by atoms with van der Waals surface area (Å²) in [5.41, 5.74) is 0. The van der Waals surface area contributed by atoms with Crippen LogP contribution >= 0.6 is 15.6 Å². The number of hydrogen-bond acceptors (Lipinski definition) is 6. The van der Waals surface area contributed by atoms with Crippen molar-refractivity contribution in [3.63, 3.8) is 0 Å². The largest absolute Gasteiger partial charge is 0.481 e. The van der Waals surface area contributed by atoms with Gasteiger partial charge in [0.1, 0.15) is 6.10 Å². The Bertz CT molecular complexity index is 280. The number of aliphatic hydroxyl groups is 1. The van der Waals surface area contributed by atoms with Crippen molar-refractivity contribution < 1.29 is 42.5 Å². The Kier molecular flexibility index (Phi) is 5.07. The molecule has 0 spiro atoms. The Labute approximate surface area is 78.1 Å². The van der Waals surface area contributed by atoms with Crippen molar-refractivity contribution in [1.29, 1.82) is 0 Å². The van der Waals surface area contributed by atoms with Gasteiger partial charge in [0.2, 0.25) is 0 Å². The number of hydrogen-bond donors (Lipinski definition) is 4. The van der Waals surface area contributed by atoms with Crippen LogP contribution in [0, 0.1) is 0 Å². The normalized spacial score (nSPS) is 18.6. The molecule has 9 nitrogen and oxygen atoms in total. The number of carbonyl (C=O) groups excluding carboxylic acids is 1. The first-order valence-corrected chi connectivity index (χ1v) is 6.06. The molecule has 0 aromatic heterocycles. The van der Waals surface area contributed by atoms with Crippen LogP contribution in [0.3, 0.4) is 0 Å². The first-order valence-electron chi connectivity index (χ1n) is 3.04. The summed E-state index contributed by atoms with van der Waals surface area (Å²) < 4.78 is 28.0. The van der Waals surface area contributed by atoms with Gasteiger partial charge in [-0.05, 0) is 0 Å². The fourth-order valence-electron chi connectivity index (χ4n) is 0.368. The lowest BCUT2D eigenvalue weighted by Gasteiger charge is -2.12. The van der Waals surface area contributed by atoms with Crippen molar-refractivity contribution in [2.75, 3.05) is 6.61 Å². The van der Waals surface area contributed by atoms with Crippen molar-refractivity contribution in [3.05, 3.63) is 0 Å². The lowest BCUT2D eigenvalue weighted by molar-refractivity contribution is -0.116. The van der Waals surface area contributed by atoms with Crippen molar-refractivity contribution in [1.82, 2.24) is 0 Å². The van der Waals surface area contributed by atoms with Gasteiger partial charge in [-0.2, -0.15) is 4.31 Å². The average molecular weight is 250 g/mol. The molecule has 2 atom stereocenters. The second-order valence-corrected chi connectivity index (χ2v) is 4.87. The molecule has 0 heterocycles. The smallest absolute Gasteiger partial charge is 0.383 e. The maximum absolute atomic E-state index is 10.6. The van der Waals surface area contributed by atoms with E-state index in [-0.39, 0.29) is 6.29 Å². The van der Waals surface area contributed by atoms with E-state index in [9.17, 15) is 13.9 Å². The Morgan fingerprint density at radius 2 is 1.79 bits per heavy atom. The first-order chi connectivity index (χ1) is 6.16. The average Bonchev–Trinajstić information content (AvgIpc) is 1.96. The Morgan fingerprint density at radius 3 is 2.14 bits per heavy atom. The van der Waals surface area contributed by atoms with Gasteiger partial charge in [0, 0.05) is 0 Å². The van der Waals surface area contributed by atoms with Gasteiger partial charge in [0.15, 0.2) is 6.29 Å². The molecule has 0 bridgehead atoms. The summed E-state index contributed by atoms with van der Waals surface area (Å²) in [6.45, 7) is -0.905. The third kappa shape index (κ3) is 7.31. The second-order valence-electron chi connectivity index (χ2n) is 2.04. The van der Waals surface area contributed by atoms with E-state index in [4.69, 9.17) is 19.8 Å². The van der Waals surface area contributed by atoms with E-state index in [1.54, 1.807) is 0 Å². The van der Waals surface area contributed by atoms with E-state index < -0.39 is 28.4 Å². The predicted octanol–water partition coefficient (Wildman–Crippen LogP) is -1.23. The Balaban J connectivity index is 4.15. The number of aldehydes is 1. The van der Waals surface area contributed by atoms with Crippen molar-refractivity contribution in [3.8, 4) is 0 Å². The topological polar surface area (TPSA) is 151 Å². The Hall–Kier alpha value is -0.110. The Morgan fingerprint density at radius 1 is 1.29 bits per heavy atom. The molecule has 0 aromatic rings. The highest BCUT2D eigenvalue weighted by molar-refractivity contribution is 7.60. The van der Waals surface area contributed by atoms with Gasteiger partial charge >= 0.3 is 15.6 Å². The van der Waals surface area contributed by atoms with Crippen molar-refractivity contribution in [2.24, 2.45) is 0 Å². The maximum Gasteiger partial charge on any atom is 0.481 e. The quantitative estimate of drug-likeness (QED) is 0.335. The van der Waals surface area contributed by atoms with Crippen LogP contribution < -0.4 is 0 Å². The van der Waals surface area contributed by atoms with E-state index in [1.165, 1.54) is 0 Å². The van der Waals surface area contributed by atoms with Gasteiger partial charge in [-0.1, -0.05) is 0 Å². The summed E-state index contributed by atoms with van der Waals surface area (Å²) in [6.07, 6.45) is -1.66. The highest BCUT2D eigenvalue weighted by Gasteiger charge is 2.32. The van der Waals surface area contributed by atoms with Crippen LogP contribution in [0.4, 0.5) is 0 Å². The third-order valence-corrected chi connectivity index (χ3v) is 2.93. The van der Waals surface area contributed by atoms with Gasteiger partial charge in [-0.25, -0.2) is 9.13 Å². The summed E-state index contributed by atoms with van der Waals surface area (Å²) in [5.74, 6) is 0. The zero-order valence-corrected chi connectivity index (χ0v) is 8.38. The molecule has 2 unspecified atom stereocenters. The van der Waals surface area contributed by atoms with Gasteiger partial charge < -0.3 is 24.6 Å².